The Balaban J connectivity index is 4.13. The average Bonchev–Trinajstić information content (AvgIpc) is 2.03. The summed E-state index contributed by atoms with van der Waals surface area (Å²) in [6.45, 7) is 5.61. The third kappa shape index (κ3) is 6.78. The molecule has 4 heteroatoms. The molecule has 0 saturated carbocycles. The molecule has 0 amide bonds. The summed E-state index contributed by atoms with van der Waals surface area (Å²) >= 11 is 0. The molecule has 0 aliphatic heterocycles. The van der Waals surface area contributed by atoms with Gasteiger partial charge in [-0.15, -0.1) is 0 Å². The topological polar surface area (TPSA) is 55.4 Å². The predicted octanol–water partition coefficient (Wildman–Crippen LogP) is 1.75. The van der Waals surface area contributed by atoms with E-state index >= 15 is 0 Å². The smallest absolute Gasteiger partial charge is 0.125 e. The molecule has 0 aliphatic carbocycles. The molecule has 2 atom stereocenters. The fraction of sp³-hybridized carbons (Fsp3) is 0.778. The van der Waals surface area contributed by atoms with E-state index in [1.165, 1.54) is 6.08 Å². The van der Waals surface area contributed by atoms with Crippen molar-refractivity contribution in [3.8, 4) is 0 Å². The van der Waals surface area contributed by atoms with E-state index in [0.29, 0.717) is 5.75 Å². The van der Waals surface area contributed by atoms with Gasteiger partial charge in [-0.1, -0.05) is 32.4 Å². The van der Waals surface area contributed by atoms with Gasteiger partial charge < -0.3 is 5.73 Å². The Labute approximate surface area is 81.6 Å². The Kier molecular flexibility index (Phi) is 5.99. The van der Waals surface area contributed by atoms with E-state index in [1.54, 1.807) is 6.26 Å². The number of nitrogens with zero attached hydrogens (tertiary/aromatic N) is 1. The fourth-order valence-corrected chi connectivity index (χ4v) is 2.42. The van der Waals surface area contributed by atoms with Gasteiger partial charge >= 0.3 is 0 Å². The molecule has 0 aromatic heterocycles. The fourth-order valence-electron chi connectivity index (χ4n) is 0.973. The van der Waals surface area contributed by atoms with Crippen molar-refractivity contribution in [2.75, 3.05) is 12.0 Å². The van der Waals surface area contributed by atoms with Crippen LogP contribution in [-0.4, -0.2) is 22.4 Å². The lowest BCUT2D eigenvalue weighted by Crippen LogP contribution is -2.17. The van der Waals surface area contributed by atoms with Gasteiger partial charge in [-0.25, -0.2) is 8.57 Å². The van der Waals surface area contributed by atoms with Crippen molar-refractivity contribution in [3.63, 3.8) is 0 Å². The van der Waals surface area contributed by atoms with Crippen molar-refractivity contribution in [2.24, 2.45) is 10.1 Å². The summed E-state index contributed by atoms with van der Waals surface area (Å²) in [6.07, 6.45) is 5.86. The largest absolute Gasteiger partial charge is 0.306 e. The minimum Gasteiger partial charge on any atom is -0.306 e. The molecule has 78 valence electrons. The Morgan fingerprint density at radius 1 is 1.62 bits per heavy atom. The van der Waals surface area contributed by atoms with Crippen molar-refractivity contribution in [3.05, 3.63) is 12.7 Å². The third-order valence-electron chi connectivity index (χ3n) is 1.71. The number of rotatable bonds is 6. The lowest BCUT2D eigenvalue weighted by atomic mass is 10.3. The maximum atomic E-state index is 11.7. The van der Waals surface area contributed by atoms with Gasteiger partial charge in [-0.2, -0.15) is 0 Å². The summed E-state index contributed by atoms with van der Waals surface area (Å²) in [5.74, 6) is 0.641. The van der Waals surface area contributed by atoms with Gasteiger partial charge in [0.15, 0.2) is 0 Å². The van der Waals surface area contributed by atoms with E-state index in [2.05, 4.69) is 17.9 Å². The van der Waals surface area contributed by atoms with Gasteiger partial charge in [-0.3, -0.25) is 0 Å². The Bertz CT molecular complexity index is 254. The maximum Gasteiger partial charge on any atom is 0.125 e. The lowest BCUT2D eigenvalue weighted by molar-refractivity contribution is 0.669. The normalized spacial score (nSPS) is 17.5. The van der Waals surface area contributed by atoms with Crippen LogP contribution in [0.3, 0.4) is 0 Å². The van der Waals surface area contributed by atoms with Crippen LogP contribution >= 0.6 is 0 Å². The number of nitrogens with two attached hydrogens (primary N) is 1. The number of hydrogen-bond acceptors (Lipinski definition) is 3. The van der Waals surface area contributed by atoms with Crippen LogP contribution in [0, 0.1) is 0 Å². The van der Waals surface area contributed by atoms with E-state index < -0.39 is 15.9 Å². The number of hydrogen-bond donors (Lipinski definition) is 1. The highest BCUT2D eigenvalue weighted by molar-refractivity contribution is 7.92. The Hall–Kier alpha value is -0.350. The van der Waals surface area contributed by atoms with Crippen LogP contribution in [-0.2, 0) is 9.73 Å². The first-order valence-electron chi connectivity index (χ1n) is 4.59. The van der Waals surface area contributed by atoms with Crippen LogP contribution in [0.1, 0.15) is 26.2 Å². The zero-order valence-electron chi connectivity index (χ0n) is 8.53. The molecular formula is C9H20N2OS. The summed E-state index contributed by atoms with van der Waals surface area (Å²) in [7, 11) is -2.09. The van der Waals surface area contributed by atoms with Crippen molar-refractivity contribution >= 4 is 9.73 Å². The number of unbranched alkanes of at least 4 members (excludes halogenated alkanes) is 2. The molecule has 0 rings (SSSR count). The summed E-state index contributed by atoms with van der Waals surface area (Å²) in [5.41, 5.74) is 5.50. The van der Waals surface area contributed by atoms with Gasteiger partial charge in [0.2, 0.25) is 0 Å². The Morgan fingerprint density at radius 3 is 2.69 bits per heavy atom. The van der Waals surface area contributed by atoms with Gasteiger partial charge in [-0.05, 0) is 6.42 Å². The molecule has 0 spiro atoms. The zero-order chi connectivity index (χ0) is 10.3. The second kappa shape index (κ2) is 6.16. The average molecular weight is 204 g/mol. The minimum absolute atomic E-state index is 0.487. The molecule has 0 bridgehead atoms. The Morgan fingerprint density at radius 2 is 2.23 bits per heavy atom. The molecule has 0 saturated heterocycles. The SMILES string of the molecule is C=CC(N)N=S(C)(=O)CCCCC. The second-order valence-corrected chi connectivity index (χ2v) is 5.74. The molecule has 3 nitrogen and oxygen atoms in total. The summed E-state index contributed by atoms with van der Waals surface area (Å²) in [5, 5.41) is 0. The molecule has 0 radical (unpaired) electrons. The van der Waals surface area contributed by atoms with Crippen molar-refractivity contribution < 1.29 is 4.21 Å². The molecule has 2 N–H and O–H groups in total. The molecule has 0 fully saturated rings. The second-order valence-electron chi connectivity index (χ2n) is 3.20. The third-order valence-corrected chi connectivity index (χ3v) is 3.45. The highest BCUT2D eigenvalue weighted by Gasteiger charge is 2.02. The van der Waals surface area contributed by atoms with E-state index in [0.717, 1.165) is 19.3 Å². The van der Waals surface area contributed by atoms with Crippen LogP contribution in [0.15, 0.2) is 17.0 Å². The predicted molar refractivity (Wildman–Crippen MR) is 59.1 cm³/mol. The molecule has 0 aromatic carbocycles. The van der Waals surface area contributed by atoms with Gasteiger partial charge in [0.1, 0.15) is 6.17 Å². The van der Waals surface area contributed by atoms with Crippen LogP contribution in [0.25, 0.3) is 0 Å². The van der Waals surface area contributed by atoms with Crippen molar-refractivity contribution in [1.29, 1.82) is 0 Å². The highest BCUT2D eigenvalue weighted by atomic mass is 32.2. The zero-order valence-corrected chi connectivity index (χ0v) is 9.35. The lowest BCUT2D eigenvalue weighted by Gasteiger charge is -2.05. The van der Waals surface area contributed by atoms with E-state index in [4.69, 9.17) is 5.73 Å². The van der Waals surface area contributed by atoms with E-state index in [-0.39, 0.29) is 0 Å². The van der Waals surface area contributed by atoms with Crippen LogP contribution in [0.4, 0.5) is 0 Å². The highest BCUT2D eigenvalue weighted by Crippen LogP contribution is 2.01. The van der Waals surface area contributed by atoms with Crippen molar-refractivity contribution in [2.45, 2.75) is 32.4 Å². The minimum atomic E-state index is -2.09. The van der Waals surface area contributed by atoms with Crippen molar-refractivity contribution in [1.82, 2.24) is 0 Å². The summed E-state index contributed by atoms with van der Waals surface area (Å²) < 4.78 is 15.7. The summed E-state index contributed by atoms with van der Waals surface area (Å²) in [4.78, 5) is 0. The monoisotopic (exact) mass is 204 g/mol. The first kappa shape index (κ1) is 12.7. The van der Waals surface area contributed by atoms with Gasteiger partial charge in [0.05, 0.1) is 0 Å². The van der Waals surface area contributed by atoms with Gasteiger partial charge in [0, 0.05) is 21.7 Å². The molecule has 0 aliphatic rings. The van der Waals surface area contributed by atoms with Crippen LogP contribution < -0.4 is 5.73 Å². The maximum absolute atomic E-state index is 11.7. The molecule has 0 aromatic rings. The van der Waals surface area contributed by atoms with E-state index in [9.17, 15) is 4.21 Å². The van der Waals surface area contributed by atoms with Gasteiger partial charge in [0.25, 0.3) is 0 Å². The molecule has 2 unspecified atom stereocenters. The van der Waals surface area contributed by atoms with Crippen LogP contribution in [0.5, 0.6) is 0 Å². The molecular weight excluding hydrogens is 184 g/mol. The molecule has 13 heavy (non-hydrogen) atoms. The standard InChI is InChI=1S/C9H20N2OS/c1-4-6-7-8-13(3,12)11-9(10)5-2/h5,9H,2,4,6-8,10H2,1,3H3. The first-order chi connectivity index (χ1) is 6.02. The molecule has 0 heterocycles. The quantitative estimate of drug-likeness (QED) is 0.529. The van der Waals surface area contributed by atoms with Crippen LogP contribution in [0.2, 0.25) is 0 Å². The van der Waals surface area contributed by atoms with E-state index in [1.807, 2.05) is 0 Å². The first-order valence-corrected chi connectivity index (χ1v) is 6.68. The summed E-state index contributed by atoms with van der Waals surface area (Å²) in [6, 6.07) is 0.